The van der Waals surface area contributed by atoms with Crippen LogP contribution in [0.2, 0.25) is 0 Å². The SMILES string of the molecule is Cn1c(=O)[nH]c(=O)c2nc(C=C(O)c3cccs3)c(=O)[nH]c21. The van der Waals surface area contributed by atoms with Gasteiger partial charge in [0.05, 0.1) is 4.88 Å². The molecule has 3 heterocycles. The van der Waals surface area contributed by atoms with Crippen molar-refractivity contribution in [2.45, 2.75) is 0 Å². The summed E-state index contributed by atoms with van der Waals surface area (Å²) in [5.74, 6) is -0.131. The first-order chi connectivity index (χ1) is 10.5. The second-order valence-corrected chi connectivity index (χ2v) is 5.42. The number of rotatable bonds is 2. The standard InChI is InChI=1S/C13H10N4O4S/c1-17-10-9(12(20)16-13(17)21)14-6(11(19)15-10)5-7(18)8-3-2-4-22-8/h2-5,18H,1H3,(H,15,19)(H,16,20,21). The number of nitrogens with zero attached hydrogens (tertiary/aromatic N) is 2. The van der Waals surface area contributed by atoms with E-state index >= 15 is 0 Å². The molecule has 0 fully saturated rings. The molecule has 0 saturated heterocycles. The maximum Gasteiger partial charge on any atom is 0.329 e. The van der Waals surface area contributed by atoms with Crippen molar-refractivity contribution >= 4 is 34.3 Å². The molecular formula is C13H10N4O4S. The minimum atomic E-state index is -0.709. The van der Waals surface area contributed by atoms with Crippen LogP contribution in [0.3, 0.4) is 0 Å². The number of aryl methyl sites for hydroxylation is 1. The van der Waals surface area contributed by atoms with Gasteiger partial charge in [-0.15, -0.1) is 11.3 Å². The van der Waals surface area contributed by atoms with Crippen LogP contribution in [0, 0.1) is 0 Å². The highest BCUT2D eigenvalue weighted by molar-refractivity contribution is 7.11. The summed E-state index contributed by atoms with van der Waals surface area (Å²) in [7, 11) is 1.40. The van der Waals surface area contributed by atoms with E-state index in [2.05, 4.69) is 15.0 Å². The van der Waals surface area contributed by atoms with Gasteiger partial charge < -0.3 is 10.1 Å². The lowest BCUT2D eigenvalue weighted by Gasteiger charge is -2.03. The zero-order valence-corrected chi connectivity index (χ0v) is 12.1. The molecule has 3 aromatic rings. The van der Waals surface area contributed by atoms with Gasteiger partial charge in [-0.3, -0.25) is 19.1 Å². The Morgan fingerprint density at radius 1 is 1.32 bits per heavy atom. The van der Waals surface area contributed by atoms with Crippen LogP contribution in [0.1, 0.15) is 10.6 Å². The zero-order valence-electron chi connectivity index (χ0n) is 11.3. The molecule has 3 aromatic heterocycles. The second-order valence-electron chi connectivity index (χ2n) is 4.47. The Balaban J connectivity index is 2.27. The molecule has 0 amide bonds. The summed E-state index contributed by atoms with van der Waals surface area (Å²) in [5.41, 5.74) is -2.17. The summed E-state index contributed by atoms with van der Waals surface area (Å²) >= 11 is 1.30. The van der Waals surface area contributed by atoms with E-state index < -0.39 is 16.8 Å². The third-order valence-corrected chi connectivity index (χ3v) is 3.94. The fourth-order valence-electron chi connectivity index (χ4n) is 1.92. The summed E-state index contributed by atoms with van der Waals surface area (Å²) in [5, 5.41) is 11.7. The van der Waals surface area contributed by atoms with Gasteiger partial charge in [-0.25, -0.2) is 9.78 Å². The van der Waals surface area contributed by atoms with Crippen molar-refractivity contribution in [2.75, 3.05) is 0 Å². The summed E-state index contributed by atoms with van der Waals surface area (Å²) in [6.45, 7) is 0. The van der Waals surface area contributed by atoms with Crippen LogP contribution in [0.5, 0.6) is 0 Å². The molecule has 0 aliphatic rings. The topological polar surface area (TPSA) is 121 Å². The van der Waals surface area contributed by atoms with Gasteiger partial charge in [0, 0.05) is 13.1 Å². The summed E-state index contributed by atoms with van der Waals surface area (Å²) in [6, 6.07) is 3.44. The van der Waals surface area contributed by atoms with Crippen LogP contribution in [-0.2, 0) is 7.05 Å². The fourth-order valence-corrected chi connectivity index (χ4v) is 2.56. The van der Waals surface area contributed by atoms with Gasteiger partial charge >= 0.3 is 5.69 Å². The predicted molar refractivity (Wildman–Crippen MR) is 83.0 cm³/mol. The van der Waals surface area contributed by atoms with Gasteiger partial charge in [-0.2, -0.15) is 0 Å². The highest BCUT2D eigenvalue weighted by atomic mass is 32.1. The lowest BCUT2D eigenvalue weighted by atomic mass is 10.3. The molecule has 9 heteroatoms. The van der Waals surface area contributed by atoms with Gasteiger partial charge in [0.15, 0.2) is 5.52 Å². The van der Waals surface area contributed by atoms with Crippen molar-refractivity contribution in [3.63, 3.8) is 0 Å². The van der Waals surface area contributed by atoms with Gasteiger partial charge in [-0.1, -0.05) is 6.07 Å². The maximum absolute atomic E-state index is 12.0. The van der Waals surface area contributed by atoms with Crippen LogP contribution >= 0.6 is 11.3 Å². The van der Waals surface area contributed by atoms with E-state index in [0.717, 1.165) is 4.57 Å². The van der Waals surface area contributed by atoms with Gasteiger partial charge in [0.1, 0.15) is 17.1 Å². The molecule has 0 spiro atoms. The quantitative estimate of drug-likeness (QED) is 0.592. The average molecular weight is 318 g/mol. The number of hydrogen-bond donors (Lipinski definition) is 3. The monoisotopic (exact) mass is 318 g/mol. The van der Waals surface area contributed by atoms with Crippen LogP contribution < -0.4 is 16.8 Å². The summed E-state index contributed by atoms with van der Waals surface area (Å²) < 4.78 is 1.08. The van der Waals surface area contributed by atoms with Crippen molar-refractivity contribution in [3.05, 3.63) is 59.3 Å². The predicted octanol–water partition coefficient (Wildman–Crippen LogP) is 0.428. The van der Waals surface area contributed by atoms with Gasteiger partial charge in [0.2, 0.25) is 0 Å². The molecule has 112 valence electrons. The average Bonchev–Trinajstić information content (AvgIpc) is 3.00. The van der Waals surface area contributed by atoms with Crippen molar-refractivity contribution in [1.82, 2.24) is 19.5 Å². The Bertz CT molecular complexity index is 1060. The summed E-state index contributed by atoms with van der Waals surface area (Å²) in [6.07, 6.45) is 1.18. The maximum atomic E-state index is 12.0. The zero-order chi connectivity index (χ0) is 15.9. The molecule has 0 saturated carbocycles. The Kier molecular flexibility index (Phi) is 3.26. The highest BCUT2D eigenvalue weighted by Gasteiger charge is 2.11. The molecular weight excluding hydrogens is 308 g/mol. The lowest BCUT2D eigenvalue weighted by molar-refractivity contribution is 0.517. The van der Waals surface area contributed by atoms with Crippen LogP contribution in [0.15, 0.2) is 31.9 Å². The summed E-state index contributed by atoms with van der Waals surface area (Å²) in [4.78, 5) is 44.3. The molecule has 0 unspecified atom stereocenters. The van der Waals surface area contributed by atoms with Gasteiger partial charge in [-0.05, 0) is 11.4 Å². The molecule has 0 aliphatic heterocycles. The Morgan fingerprint density at radius 2 is 2.09 bits per heavy atom. The van der Waals surface area contributed by atoms with Crippen LogP contribution in [0.25, 0.3) is 23.0 Å². The number of hydrogen-bond acceptors (Lipinski definition) is 6. The minimum absolute atomic E-state index is 0.0199. The van der Waals surface area contributed by atoms with Crippen molar-refractivity contribution in [2.24, 2.45) is 7.05 Å². The van der Waals surface area contributed by atoms with E-state index in [1.807, 2.05) is 0 Å². The number of aromatic nitrogens is 4. The number of aliphatic hydroxyl groups excluding tert-OH is 1. The van der Waals surface area contributed by atoms with E-state index in [4.69, 9.17) is 0 Å². The van der Waals surface area contributed by atoms with E-state index in [9.17, 15) is 19.5 Å². The van der Waals surface area contributed by atoms with Crippen molar-refractivity contribution in [3.8, 4) is 0 Å². The number of fused-ring (bicyclic) bond motifs is 1. The molecule has 3 rings (SSSR count). The first-order valence-corrected chi connectivity index (χ1v) is 7.03. The fraction of sp³-hybridized carbons (Fsp3) is 0.0769. The number of aliphatic hydroxyl groups is 1. The molecule has 22 heavy (non-hydrogen) atoms. The first kappa shape index (κ1) is 14.0. The van der Waals surface area contributed by atoms with Crippen LogP contribution in [-0.4, -0.2) is 24.6 Å². The Morgan fingerprint density at radius 3 is 2.77 bits per heavy atom. The highest BCUT2D eigenvalue weighted by Crippen LogP contribution is 2.18. The third-order valence-electron chi connectivity index (χ3n) is 3.04. The van der Waals surface area contributed by atoms with Crippen molar-refractivity contribution in [1.29, 1.82) is 0 Å². The molecule has 0 radical (unpaired) electrons. The Hall–Kier alpha value is -2.94. The van der Waals surface area contributed by atoms with E-state index in [1.165, 1.54) is 24.5 Å². The van der Waals surface area contributed by atoms with E-state index in [0.29, 0.717) is 4.88 Å². The first-order valence-electron chi connectivity index (χ1n) is 6.15. The molecule has 8 nitrogen and oxygen atoms in total. The minimum Gasteiger partial charge on any atom is -0.506 e. The molecule has 0 aliphatic carbocycles. The second kappa shape index (κ2) is 5.11. The number of thiophene rings is 1. The van der Waals surface area contributed by atoms with Gasteiger partial charge in [0.25, 0.3) is 11.1 Å². The molecule has 0 aromatic carbocycles. The number of nitrogens with one attached hydrogen (secondary N) is 2. The molecule has 0 atom stereocenters. The molecule has 3 N–H and O–H groups in total. The number of H-pyrrole nitrogens is 2. The molecule has 0 bridgehead atoms. The van der Waals surface area contributed by atoms with E-state index in [-0.39, 0.29) is 22.6 Å². The van der Waals surface area contributed by atoms with E-state index in [1.54, 1.807) is 17.5 Å². The normalized spacial score (nSPS) is 12.0. The van der Waals surface area contributed by atoms with Crippen LogP contribution in [0.4, 0.5) is 0 Å². The number of aromatic amines is 2. The smallest absolute Gasteiger partial charge is 0.329 e. The third kappa shape index (κ3) is 2.27. The largest absolute Gasteiger partial charge is 0.506 e. The van der Waals surface area contributed by atoms with Crippen molar-refractivity contribution < 1.29 is 5.11 Å². The Labute approximate surface area is 126 Å². The lowest BCUT2D eigenvalue weighted by Crippen LogP contribution is -2.31.